The number of ether oxygens (including phenoxy) is 1. The highest BCUT2D eigenvalue weighted by Gasteiger charge is 2.19. The van der Waals surface area contributed by atoms with Gasteiger partial charge in [-0.1, -0.05) is 30.3 Å². The summed E-state index contributed by atoms with van der Waals surface area (Å²) in [4.78, 5) is 0. The van der Waals surface area contributed by atoms with E-state index in [1.807, 2.05) is 31.3 Å². The van der Waals surface area contributed by atoms with Gasteiger partial charge in [0.25, 0.3) is 0 Å². The lowest BCUT2D eigenvalue weighted by Crippen LogP contribution is -2.26. The number of nitrogens with zero attached hydrogens (tertiary/aromatic N) is 1. The van der Waals surface area contributed by atoms with Crippen LogP contribution in [0.15, 0.2) is 42.5 Å². The average Bonchev–Trinajstić information content (AvgIpc) is 2.85. The molecule has 0 saturated carbocycles. The molecule has 1 heterocycles. The maximum atomic E-state index is 9.36. The third kappa shape index (κ3) is 2.90. The van der Waals surface area contributed by atoms with Crippen molar-refractivity contribution in [3.8, 4) is 11.6 Å². The van der Waals surface area contributed by atoms with E-state index in [9.17, 15) is 5.11 Å². The van der Waals surface area contributed by atoms with Crippen molar-refractivity contribution in [3.05, 3.63) is 59.2 Å². The summed E-state index contributed by atoms with van der Waals surface area (Å²) in [7, 11) is 2.00. The van der Waals surface area contributed by atoms with Gasteiger partial charge in [-0.3, -0.25) is 0 Å². The molecule has 4 nitrogen and oxygen atoms in total. The number of aromatic nitrogens is 1. The molecule has 0 saturated heterocycles. The average molecular weight is 324 g/mol. The molecule has 126 valence electrons. The number of aliphatic hydroxyl groups is 1. The molecule has 0 amide bonds. The SMILES string of the molecule is Cc1cccc(Oc2c(CC(N)CO)c3ccccc3n2C)c1C. The van der Waals surface area contributed by atoms with E-state index in [4.69, 9.17) is 10.5 Å². The lowest BCUT2D eigenvalue weighted by molar-refractivity contribution is 0.264. The van der Waals surface area contributed by atoms with Gasteiger partial charge in [0.1, 0.15) is 5.75 Å². The second-order valence-electron chi connectivity index (χ2n) is 6.31. The van der Waals surface area contributed by atoms with Gasteiger partial charge < -0.3 is 20.1 Å². The first-order chi connectivity index (χ1) is 11.5. The van der Waals surface area contributed by atoms with E-state index in [1.165, 1.54) is 5.56 Å². The van der Waals surface area contributed by atoms with Crippen molar-refractivity contribution in [3.63, 3.8) is 0 Å². The Bertz CT molecular complexity index is 867. The molecule has 0 aliphatic carbocycles. The highest BCUT2D eigenvalue weighted by atomic mass is 16.5. The predicted molar refractivity (Wildman–Crippen MR) is 97.7 cm³/mol. The fourth-order valence-electron chi connectivity index (χ4n) is 3.04. The standard InChI is InChI=1S/C20H24N2O2/c1-13-7-6-10-19(14(13)2)24-20-17(11-15(21)12-23)16-8-4-5-9-18(16)22(20)3/h4-10,15,23H,11-12,21H2,1-3H3. The van der Waals surface area contributed by atoms with Crippen LogP contribution in [0.25, 0.3) is 10.9 Å². The normalized spacial score (nSPS) is 12.5. The molecule has 0 spiro atoms. The van der Waals surface area contributed by atoms with Crippen LogP contribution in [0.4, 0.5) is 0 Å². The van der Waals surface area contributed by atoms with Crippen LogP contribution in [0.1, 0.15) is 16.7 Å². The molecule has 0 bridgehead atoms. The molecule has 0 aliphatic heterocycles. The Kier molecular flexibility index (Phi) is 4.60. The summed E-state index contributed by atoms with van der Waals surface area (Å²) in [6.07, 6.45) is 0.568. The molecule has 0 radical (unpaired) electrons. The van der Waals surface area contributed by atoms with Crippen molar-refractivity contribution >= 4 is 10.9 Å². The van der Waals surface area contributed by atoms with Gasteiger partial charge in [0.05, 0.1) is 12.1 Å². The topological polar surface area (TPSA) is 60.4 Å². The highest BCUT2D eigenvalue weighted by molar-refractivity contribution is 5.87. The first kappa shape index (κ1) is 16.6. The van der Waals surface area contributed by atoms with E-state index < -0.39 is 0 Å². The summed E-state index contributed by atoms with van der Waals surface area (Å²) >= 11 is 0. The van der Waals surface area contributed by atoms with Gasteiger partial charge in [-0.15, -0.1) is 0 Å². The fourth-order valence-corrected chi connectivity index (χ4v) is 3.04. The zero-order valence-corrected chi connectivity index (χ0v) is 14.4. The summed E-state index contributed by atoms with van der Waals surface area (Å²) < 4.78 is 8.36. The number of benzene rings is 2. The van der Waals surface area contributed by atoms with E-state index in [0.29, 0.717) is 6.42 Å². The first-order valence-electron chi connectivity index (χ1n) is 8.19. The molecule has 3 rings (SSSR count). The minimum atomic E-state index is -0.309. The Labute approximate surface area is 142 Å². The van der Waals surface area contributed by atoms with Crippen LogP contribution in [0.5, 0.6) is 11.6 Å². The smallest absolute Gasteiger partial charge is 0.204 e. The third-order valence-corrected chi connectivity index (χ3v) is 4.62. The minimum Gasteiger partial charge on any atom is -0.440 e. The lowest BCUT2D eigenvalue weighted by Gasteiger charge is -2.14. The number of hydrogen-bond acceptors (Lipinski definition) is 3. The van der Waals surface area contributed by atoms with Gasteiger partial charge >= 0.3 is 0 Å². The number of rotatable bonds is 5. The predicted octanol–water partition coefficient (Wildman–Crippen LogP) is 3.45. The summed E-state index contributed by atoms with van der Waals surface area (Å²) in [5, 5.41) is 10.5. The molecule has 24 heavy (non-hydrogen) atoms. The fraction of sp³-hybridized carbons (Fsp3) is 0.300. The molecule has 0 aliphatic rings. The number of para-hydroxylation sites is 1. The van der Waals surface area contributed by atoms with Gasteiger partial charge in [-0.25, -0.2) is 0 Å². The zero-order chi connectivity index (χ0) is 17.3. The second-order valence-corrected chi connectivity index (χ2v) is 6.31. The van der Waals surface area contributed by atoms with Gasteiger partial charge in [0.15, 0.2) is 0 Å². The second kappa shape index (κ2) is 6.67. The van der Waals surface area contributed by atoms with Gasteiger partial charge in [-0.05, 0) is 43.5 Å². The van der Waals surface area contributed by atoms with Gasteiger partial charge in [-0.2, -0.15) is 0 Å². The Morgan fingerprint density at radius 1 is 1.12 bits per heavy atom. The van der Waals surface area contributed by atoms with Crippen molar-refractivity contribution in [2.75, 3.05) is 6.61 Å². The summed E-state index contributed by atoms with van der Waals surface area (Å²) in [5.74, 6) is 1.63. The van der Waals surface area contributed by atoms with E-state index in [0.717, 1.165) is 33.7 Å². The molecular weight excluding hydrogens is 300 g/mol. The van der Waals surface area contributed by atoms with Crippen LogP contribution >= 0.6 is 0 Å². The van der Waals surface area contributed by atoms with Crippen molar-refractivity contribution in [1.82, 2.24) is 4.57 Å². The zero-order valence-electron chi connectivity index (χ0n) is 14.4. The number of aliphatic hydroxyl groups excluding tert-OH is 1. The Morgan fingerprint density at radius 2 is 1.88 bits per heavy atom. The Morgan fingerprint density at radius 3 is 2.62 bits per heavy atom. The summed E-state index contributed by atoms with van der Waals surface area (Å²) in [5.41, 5.74) is 10.5. The van der Waals surface area contributed by atoms with E-state index >= 15 is 0 Å². The van der Waals surface area contributed by atoms with Crippen molar-refractivity contribution in [2.24, 2.45) is 12.8 Å². The minimum absolute atomic E-state index is 0.0495. The van der Waals surface area contributed by atoms with Crippen LogP contribution in [-0.2, 0) is 13.5 Å². The number of fused-ring (bicyclic) bond motifs is 1. The molecule has 1 unspecified atom stereocenters. The summed E-state index contributed by atoms with van der Waals surface area (Å²) in [6.45, 7) is 4.09. The van der Waals surface area contributed by atoms with E-state index in [2.05, 4.69) is 36.6 Å². The number of nitrogens with two attached hydrogens (primary N) is 1. The van der Waals surface area contributed by atoms with E-state index in [-0.39, 0.29) is 12.6 Å². The lowest BCUT2D eigenvalue weighted by atomic mass is 10.1. The van der Waals surface area contributed by atoms with Crippen LogP contribution < -0.4 is 10.5 Å². The molecule has 1 atom stereocenters. The number of aryl methyl sites for hydroxylation is 2. The maximum Gasteiger partial charge on any atom is 0.204 e. The van der Waals surface area contributed by atoms with E-state index in [1.54, 1.807) is 0 Å². The van der Waals surface area contributed by atoms with Crippen molar-refractivity contribution in [2.45, 2.75) is 26.3 Å². The van der Waals surface area contributed by atoms with Crippen LogP contribution in [0, 0.1) is 13.8 Å². The number of hydrogen-bond donors (Lipinski definition) is 2. The van der Waals surface area contributed by atoms with Gasteiger partial charge in [0.2, 0.25) is 5.88 Å². The quantitative estimate of drug-likeness (QED) is 0.756. The molecular formula is C20H24N2O2. The largest absolute Gasteiger partial charge is 0.440 e. The van der Waals surface area contributed by atoms with Gasteiger partial charge in [0, 0.05) is 24.0 Å². The van der Waals surface area contributed by atoms with Crippen LogP contribution in [0.2, 0.25) is 0 Å². The molecule has 4 heteroatoms. The molecule has 2 aromatic carbocycles. The summed E-state index contributed by atoms with van der Waals surface area (Å²) in [6, 6.07) is 13.9. The Hall–Kier alpha value is -2.30. The van der Waals surface area contributed by atoms with Crippen LogP contribution in [0.3, 0.4) is 0 Å². The molecule has 1 aromatic heterocycles. The first-order valence-corrected chi connectivity index (χ1v) is 8.19. The highest BCUT2D eigenvalue weighted by Crippen LogP contribution is 2.36. The van der Waals surface area contributed by atoms with Crippen LogP contribution in [-0.4, -0.2) is 22.3 Å². The maximum absolute atomic E-state index is 9.36. The van der Waals surface area contributed by atoms with Crippen molar-refractivity contribution < 1.29 is 9.84 Å². The molecule has 0 fully saturated rings. The molecule has 3 N–H and O–H groups in total. The molecule has 3 aromatic rings. The van der Waals surface area contributed by atoms with Crippen molar-refractivity contribution in [1.29, 1.82) is 0 Å². The third-order valence-electron chi connectivity index (χ3n) is 4.62. The monoisotopic (exact) mass is 324 g/mol. The Balaban J connectivity index is 2.13.